The first kappa shape index (κ1) is 18.3. The van der Waals surface area contributed by atoms with Crippen molar-refractivity contribution in [2.45, 2.75) is 26.4 Å². The SMILES string of the molecule is Cc1ccc(-c2csc3ncn(CC(=O)N4CCc5ccccc5C4)c(=O)c23)s1. The maximum absolute atomic E-state index is 13.2. The summed E-state index contributed by atoms with van der Waals surface area (Å²) in [5.74, 6) is -0.0495. The third kappa shape index (κ3) is 3.30. The van der Waals surface area contributed by atoms with Gasteiger partial charge in [0.05, 0.1) is 11.7 Å². The standard InChI is InChI=1S/C22H19N3O2S2/c1-14-6-7-18(29-14)17-12-28-21-20(17)22(27)25(13-23-21)11-19(26)24-9-8-15-4-2-3-5-16(15)10-24/h2-7,12-13H,8-11H2,1H3. The molecule has 1 amide bonds. The molecule has 0 N–H and O–H groups in total. The maximum atomic E-state index is 13.2. The highest BCUT2D eigenvalue weighted by Gasteiger charge is 2.22. The molecule has 0 atom stereocenters. The van der Waals surface area contributed by atoms with E-state index >= 15 is 0 Å². The van der Waals surface area contributed by atoms with Crippen molar-refractivity contribution in [2.75, 3.05) is 6.54 Å². The van der Waals surface area contributed by atoms with E-state index in [9.17, 15) is 9.59 Å². The number of benzene rings is 1. The Morgan fingerprint density at radius 3 is 2.79 bits per heavy atom. The summed E-state index contributed by atoms with van der Waals surface area (Å²) in [7, 11) is 0. The summed E-state index contributed by atoms with van der Waals surface area (Å²) in [5.41, 5.74) is 3.24. The van der Waals surface area contributed by atoms with Gasteiger partial charge in [-0.1, -0.05) is 24.3 Å². The summed E-state index contributed by atoms with van der Waals surface area (Å²) in [6.45, 7) is 3.34. The molecule has 0 aliphatic carbocycles. The highest BCUT2D eigenvalue weighted by Crippen LogP contribution is 2.34. The fourth-order valence-corrected chi connectivity index (χ4v) is 5.66. The number of rotatable bonds is 3. The zero-order valence-corrected chi connectivity index (χ0v) is 17.6. The van der Waals surface area contributed by atoms with Crippen molar-refractivity contribution in [3.05, 3.63) is 74.5 Å². The molecular formula is C22H19N3O2S2. The number of aryl methyl sites for hydroxylation is 1. The van der Waals surface area contributed by atoms with Crippen LogP contribution in [0.4, 0.5) is 0 Å². The van der Waals surface area contributed by atoms with Gasteiger partial charge in [-0.15, -0.1) is 22.7 Å². The quantitative estimate of drug-likeness (QED) is 0.501. The number of hydrogen-bond acceptors (Lipinski definition) is 5. The van der Waals surface area contributed by atoms with Crippen LogP contribution in [-0.2, 0) is 24.3 Å². The summed E-state index contributed by atoms with van der Waals surface area (Å²) < 4.78 is 1.45. The molecule has 146 valence electrons. The Labute approximate surface area is 175 Å². The molecule has 0 radical (unpaired) electrons. The van der Waals surface area contributed by atoms with Crippen LogP contribution >= 0.6 is 22.7 Å². The first-order valence-electron chi connectivity index (χ1n) is 9.48. The molecule has 29 heavy (non-hydrogen) atoms. The van der Waals surface area contributed by atoms with E-state index in [0.29, 0.717) is 23.3 Å². The molecule has 4 aromatic rings. The van der Waals surface area contributed by atoms with Gasteiger partial charge in [0.25, 0.3) is 5.56 Å². The summed E-state index contributed by atoms with van der Waals surface area (Å²) in [6, 6.07) is 12.3. The second kappa shape index (κ2) is 7.24. The van der Waals surface area contributed by atoms with E-state index in [2.05, 4.69) is 30.1 Å². The molecule has 3 aromatic heterocycles. The second-order valence-corrected chi connectivity index (χ2v) is 9.40. The molecule has 1 aliphatic rings. The number of carbonyl (C=O) groups excluding carboxylic acids is 1. The van der Waals surface area contributed by atoms with Crippen LogP contribution < -0.4 is 5.56 Å². The lowest BCUT2D eigenvalue weighted by Crippen LogP contribution is -2.39. The Morgan fingerprint density at radius 1 is 1.17 bits per heavy atom. The lowest BCUT2D eigenvalue weighted by molar-refractivity contribution is -0.132. The summed E-state index contributed by atoms with van der Waals surface area (Å²) in [4.78, 5) is 35.3. The lowest BCUT2D eigenvalue weighted by Gasteiger charge is -2.29. The van der Waals surface area contributed by atoms with Crippen LogP contribution in [0.15, 0.2) is 52.9 Å². The Hall–Kier alpha value is -2.77. The van der Waals surface area contributed by atoms with E-state index in [-0.39, 0.29) is 18.0 Å². The second-order valence-electron chi connectivity index (χ2n) is 7.25. The van der Waals surface area contributed by atoms with Crippen LogP contribution in [0, 0.1) is 6.92 Å². The number of hydrogen-bond donors (Lipinski definition) is 0. The van der Waals surface area contributed by atoms with Crippen LogP contribution in [0.1, 0.15) is 16.0 Å². The normalized spacial score (nSPS) is 13.6. The van der Waals surface area contributed by atoms with Gasteiger partial charge in [-0.2, -0.15) is 0 Å². The topological polar surface area (TPSA) is 55.2 Å². The molecule has 4 heterocycles. The monoisotopic (exact) mass is 421 g/mol. The summed E-state index contributed by atoms with van der Waals surface area (Å²) in [5, 5.41) is 2.59. The first-order chi connectivity index (χ1) is 14.1. The zero-order chi connectivity index (χ0) is 20.0. The van der Waals surface area contributed by atoms with Gasteiger partial charge in [-0.05, 0) is 36.6 Å². The van der Waals surface area contributed by atoms with Crippen molar-refractivity contribution in [2.24, 2.45) is 0 Å². The van der Waals surface area contributed by atoms with Crippen LogP contribution in [0.2, 0.25) is 0 Å². The van der Waals surface area contributed by atoms with E-state index in [1.165, 1.54) is 38.2 Å². The van der Waals surface area contributed by atoms with Gasteiger partial charge >= 0.3 is 0 Å². The van der Waals surface area contributed by atoms with Gasteiger partial charge in [0.15, 0.2) is 0 Å². The van der Waals surface area contributed by atoms with E-state index in [1.807, 2.05) is 28.5 Å². The van der Waals surface area contributed by atoms with E-state index in [4.69, 9.17) is 0 Å². The van der Waals surface area contributed by atoms with Crippen LogP contribution in [-0.4, -0.2) is 26.9 Å². The maximum Gasteiger partial charge on any atom is 0.263 e. The minimum absolute atomic E-state index is 0.0166. The fourth-order valence-electron chi connectivity index (χ4n) is 3.80. The van der Waals surface area contributed by atoms with E-state index in [1.54, 1.807) is 11.3 Å². The highest BCUT2D eigenvalue weighted by molar-refractivity contribution is 7.19. The predicted octanol–water partition coefficient (Wildman–Crippen LogP) is 4.08. The van der Waals surface area contributed by atoms with Crippen molar-refractivity contribution >= 4 is 38.8 Å². The third-order valence-corrected chi connectivity index (χ3v) is 7.28. The van der Waals surface area contributed by atoms with Crippen molar-refractivity contribution in [1.82, 2.24) is 14.5 Å². The van der Waals surface area contributed by atoms with Gasteiger partial charge in [-0.25, -0.2) is 4.98 Å². The molecule has 1 aromatic carbocycles. The largest absolute Gasteiger partial charge is 0.336 e. The number of thiophene rings is 2. The van der Waals surface area contributed by atoms with E-state index in [0.717, 1.165) is 16.9 Å². The molecule has 7 heteroatoms. The van der Waals surface area contributed by atoms with Crippen LogP contribution in [0.5, 0.6) is 0 Å². The number of carbonyl (C=O) groups is 1. The highest BCUT2D eigenvalue weighted by atomic mass is 32.1. The minimum atomic E-state index is -0.150. The van der Waals surface area contributed by atoms with Crippen molar-refractivity contribution in [1.29, 1.82) is 0 Å². The number of aromatic nitrogens is 2. The third-order valence-electron chi connectivity index (χ3n) is 5.36. The molecule has 0 saturated carbocycles. The Morgan fingerprint density at radius 2 is 2.00 bits per heavy atom. The van der Waals surface area contributed by atoms with E-state index < -0.39 is 0 Å². The molecule has 1 aliphatic heterocycles. The number of fused-ring (bicyclic) bond motifs is 2. The Balaban J connectivity index is 1.44. The van der Waals surface area contributed by atoms with Crippen LogP contribution in [0.3, 0.4) is 0 Å². The van der Waals surface area contributed by atoms with Crippen molar-refractivity contribution in [3.63, 3.8) is 0 Å². The van der Waals surface area contributed by atoms with Gasteiger partial charge in [-0.3, -0.25) is 14.2 Å². The Kier molecular flexibility index (Phi) is 4.56. The minimum Gasteiger partial charge on any atom is -0.336 e. The van der Waals surface area contributed by atoms with Crippen LogP contribution in [0.25, 0.3) is 20.7 Å². The zero-order valence-electron chi connectivity index (χ0n) is 15.9. The summed E-state index contributed by atoms with van der Waals surface area (Å²) in [6.07, 6.45) is 2.35. The van der Waals surface area contributed by atoms with Gasteiger partial charge in [0.1, 0.15) is 11.4 Å². The molecule has 5 nitrogen and oxygen atoms in total. The lowest BCUT2D eigenvalue weighted by atomic mass is 10.00. The molecule has 0 fully saturated rings. The summed E-state index contributed by atoms with van der Waals surface area (Å²) >= 11 is 3.13. The number of amides is 1. The predicted molar refractivity (Wildman–Crippen MR) is 117 cm³/mol. The molecular weight excluding hydrogens is 402 g/mol. The number of nitrogens with zero attached hydrogens (tertiary/aromatic N) is 3. The molecule has 0 saturated heterocycles. The fraction of sp³-hybridized carbons (Fsp3) is 0.227. The first-order valence-corrected chi connectivity index (χ1v) is 11.2. The van der Waals surface area contributed by atoms with Crippen molar-refractivity contribution < 1.29 is 4.79 Å². The molecule has 5 rings (SSSR count). The Bertz CT molecular complexity index is 1280. The average molecular weight is 422 g/mol. The molecule has 0 unspecified atom stereocenters. The smallest absolute Gasteiger partial charge is 0.263 e. The molecule has 0 spiro atoms. The van der Waals surface area contributed by atoms with Crippen molar-refractivity contribution in [3.8, 4) is 10.4 Å². The van der Waals surface area contributed by atoms with Gasteiger partial charge in [0, 0.05) is 33.8 Å². The van der Waals surface area contributed by atoms with Gasteiger partial charge < -0.3 is 4.90 Å². The average Bonchev–Trinajstić information content (AvgIpc) is 3.36. The van der Waals surface area contributed by atoms with Gasteiger partial charge in [0.2, 0.25) is 5.91 Å². The molecule has 0 bridgehead atoms.